The Hall–Kier alpha value is -3.18. The van der Waals surface area contributed by atoms with Crippen LogP contribution in [0.3, 0.4) is 0 Å². The molecule has 2 rings (SSSR count). The van der Waals surface area contributed by atoms with E-state index in [0.717, 1.165) is 11.3 Å². The van der Waals surface area contributed by atoms with Crippen molar-refractivity contribution in [2.45, 2.75) is 18.9 Å². The summed E-state index contributed by atoms with van der Waals surface area (Å²) in [5.41, 5.74) is 12.8. The quantitative estimate of drug-likeness (QED) is 0.151. The van der Waals surface area contributed by atoms with E-state index in [2.05, 4.69) is 25.3 Å². The molecule has 0 saturated heterocycles. The van der Waals surface area contributed by atoms with Crippen molar-refractivity contribution in [1.82, 2.24) is 20.3 Å². The first kappa shape index (κ1) is 24.1. The fraction of sp³-hybridized carbons (Fsp3) is 0.350. The van der Waals surface area contributed by atoms with Gasteiger partial charge in [-0.3, -0.25) is 14.6 Å². The van der Waals surface area contributed by atoms with Gasteiger partial charge in [-0.1, -0.05) is 30.3 Å². The molecule has 31 heavy (non-hydrogen) atoms. The number of nitrogens with zero attached hydrogens (tertiary/aromatic N) is 1. The molecule has 2 unspecified atom stereocenters. The Morgan fingerprint density at radius 3 is 2.55 bits per heavy atom. The van der Waals surface area contributed by atoms with Crippen LogP contribution in [0.15, 0.2) is 47.5 Å². The van der Waals surface area contributed by atoms with Crippen LogP contribution >= 0.6 is 0 Å². The monoisotopic (exact) mass is 447 g/mol. The number of benzene rings is 1. The molecule has 8 N–H and O–H groups in total. The van der Waals surface area contributed by atoms with E-state index in [1.165, 1.54) is 6.26 Å². The Balaban J connectivity index is 2.00. The zero-order chi connectivity index (χ0) is 22.6. The van der Waals surface area contributed by atoms with Crippen LogP contribution in [0.5, 0.6) is 0 Å². The number of nitrogens with one attached hydrogen (secondary N) is 4. The smallest absolute Gasteiger partial charge is 0.268 e. The Morgan fingerprint density at radius 2 is 1.87 bits per heavy atom. The molecule has 0 spiro atoms. The van der Waals surface area contributed by atoms with E-state index in [1.54, 1.807) is 6.07 Å². The molecule has 0 fully saturated rings. The minimum atomic E-state index is -1.16. The van der Waals surface area contributed by atoms with Crippen molar-refractivity contribution in [2.75, 3.05) is 25.9 Å². The first-order valence-corrected chi connectivity index (χ1v) is 11.4. The predicted molar refractivity (Wildman–Crippen MR) is 122 cm³/mol. The topological polar surface area (TPSA) is 167 Å². The summed E-state index contributed by atoms with van der Waals surface area (Å²) >= 11 is 0. The van der Waals surface area contributed by atoms with E-state index in [0.29, 0.717) is 31.6 Å². The van der Waals surface area contributed by atoms with Crippen molar-refractivity contribution in [3.63, 3.8) is 0 Å². The number of aliphatic imine (C=N–C) groups is 1. The first-order chi connectivity index (χ1) is 14.9. The van der Waals surface area contributed by atoms with Gasteiger partial charge in [0.1, 0.15) is 11.7 Å². The number of amides is 2. The van der Waals surface area contributed by atoms with Crippen LogP contribution in [-0.2, 0) is 15.8 Å². The van der Waals surface area contributed by atoms with E-state index >= 15 is 0 Å². The van der Waals surface area contributed by atoms with Crippen molar-refractivity contribution >= 4 is 28.8 Å². The molecule has 2 atom stereocenters. The van der Waals surface area contributed by atoms with Gasteiger partial charge in [-0.25, -0.2) is 8.93 Å². The van der Waals surface area contributed by atoms with Gasteiger partial charge < -0.3 is 27.1 Å². The molecule has 0 aliphatic heterocycles. The van der Waals surface area contributed by atoms with Crippen LogP contribution in [-0.4, -0.2) is 58.9 Å². The van der Waals surface area contributed by atoms with Crippen LogP contribution in [0.25, 0.3) is 11.3 Å². The minimum absolute atomic E-state index is 0.0245. The van der Waals surface area contributed by atoms with Crippen molar-refractivity contribution in [3.05, 3.63) is 48.2 Å². The zero-order valence-corrected chi connectivity index (χ0v) is 18.2. The number of hydrogen-bond donors (Lipinski definition) is 6. The lowest BCUT2D eigenvalue weighted by Gasteiger charge is -2.18. The second-order valence-corrected chi connectivity index (χ2v) is 7.96. The molecule has 0 saturated carbocycles. The third-order valence-electron chi connectivity index (χ3n) is 4.31. The number of nitrogens with two attached hydrogens (primary N) is 2. The summed E-state index contributed by atoms with van der Waals surface area (Å²) in [4.78, 5) is 32.3. The number of carbonyl (C=O) groups is 2. The lowest BCUT2D eigenvalue weighted by molar-refractivity contribution is -0.123. The van der Waals surface area contributed by atoms with E-state index < -0.39 is 22.9 Å². The second-order valence-electron chi connectivity index (χ2n) is 6.77. The van der Waals surface area contributed by atoms with Gasteiger partial charge in [-0.05, 0) is 30.5 Å². The molecule has 168 valence electrons. The average Bonchev–Trinajstić information content (AvgIpc) is 3.24. The van der Waals surface area contributed by atoms with Gasteiger partial charge in [-0.15, -0.1) is 0 Å². The molecule has 1 aromatic heterocycles. The Labute approximate surface area is 183 Å². The number of aromatic amines is 1. The van der Waals surface area contributed by atoms with Gasteiger partial charge >= 0.3 is 0 Å². The average molecular weight is 448 g/mol. The van der Waals surface area contributed by atoms with Crippen LogP contribution < -0.4 is 26.8 Å². The van der Waals surface area contributed by atoms with Crippen LogP contribution in [0.1, 0.15) is 23.3 Å². The number of rotatable bonds is 12. The highest BCUT2D eigenvalue weighted by molar-refractivity contribution is 7.82. The fourth-order valence-electron chi connectivity index (χ4n) is 2.83. The molecule has 0 radical (unpaired) electrons. The summed E-state index contributed by atoms with van der Waals surface area (Å²) in [6.45, 7) is 0.971. The molecule has 10 nitrogen and oxygen atoms in total. The van der Waals surface area contributed by atoms with E-state index in [-0.39, 0.29) is 18.4 Å². The highest BCUT2D eigenvalue weighted by atomic mass is 32.2. The largest absolute Gasteiger partial charge is 0.370 e. The van der Waals surface area contributed by atoms with Gasteiger partial charge in [-0.2, -0.15) is 0 Å². The fourth-order valence-corrected chi connectivity index (χ4v) is 3.22. The van der Waals surface area contributed by atoms with E-state index in [1.807, 2.05) is 36.4 Å². The Kier molecular flexibility index (Phi) is 9.72. The van der Waals surface area contributed by atoms with Crippen molar-refractivity contribution in [2.24, 2.45) is 16.5 Å². The SMILES string of the molecule is CS(=O)NCCNC(=O)C(CCCN=C(N)N)NC(=O)c1ccc(-c2ccccc2)[nH]1. The van der Waals surface area contributed by atoms with Gasteiger partial charge in [0.25, 0.3) is 5.91 Å². The lowest BCUT2D eigenvalue weighted by atomic mass is 10.1. The molecule has 0 aliphatic carbocycles. The van der Waals surface area contributed by atoms with Crippen LogP contribution in [0, 0.1) is 0 Å². The maximum absolute atomic E-state index is 12.7. The van der Waals surface area contributed by atoms with E-state index in [4.69, 9.17) is 11.5 Å². The zero-order valence-electron chi connectivity index (χ0n) is 17.4. The molecule has 11 heteroatoms. The lowest BCUT2D eigenvalue weighted by Crippen LogP contribution is -2.48. The highest BCUT2D eigenvalue weighted by Crippen LogP contribution is 2.18. The molecule has 1 aromatic carbocycles. The molecule has 2 aromatic rings. The second kappa shape index (κ2) is 12.5. The molecular weight excluding hydrogens is 418 g/mol. The third kappa shape index (κ3) is 8.60. The third-order valence-corrected chi connectivity index (χ3v) is 4.92. The number of carbonyl (C=O) groups excluding carboxylic acids is 2. The molecule has 2 amide bonds. The number of H-pyrrole nitrogens is 1. The first-order valence-electron chi connectivity index (χ1n) is 9.82. The summed E-state index contributed by atoms with van der Waals surface area (Å²) < 4.78 is 13.8. The summed E-state index contributed by atoms with van der Waals surface area (Å²) in [5, 5.41) is 5.49. The summed E-state index contributed by atoms with van der Waals surface area (Å²) in [6.07, 6.45) is 2.37. The van der Waals surface area contributed by atoms with Crippen LogP contribution in [0.2, 0.25) is 0 Å². The maximum Gasteiger partial charge on any atom is 0.268 e. The van der Waals surface area contributed by atoms with Gasteiger partial charge in [0.15, 0.2) is 5.96 Å². The van der Waals surface area contributed by atoms with Crippen molar-refractivity contribution in [1.29, 1.82) is 0 Å². The predicted octanol–water partition coefficient (Wildman–Crippen LogP) is -0.167. The molecule has 0 aliphatic rings. The maximum atomic E-state index is 12.7. The number of aromatic nitrogens is 1. The van der Waals surface area contributed by atoms with Gasteiger partial charge in [0.2, 0.25) is 5.91 Å². The minimum Gasteiger partial charge on any atom is -0.370 e. The van der Waals surface area contributed by atoms with Crippen molar-refractivity contribution < 1.29 is 13.8 Å². The normalized spacial score (nSPS) is 12.5. The summed E-state index contributed by atoms with van der Waals surface area (Å²) in [5.74, 6) is -0.753. The molecular formula is C20H29N7O3S. The summed E-state index contributed by atoms with van der Waals surface area (Å²) in [7, 11) is -1.16. The summed E-state index contributed by atoms with van der Waals surface area (Å²) in [6, 6.07) is 12.3. The standard InChI is InChI=1S/C20H29N7O3S/c1-31(30)25-13-12-23-18(28)16(8-5-11-24-20(21)22)27-19(29)17-10-9-15(26-17)14-6-3-2-4-7-14/h2-4,6-7,9-10,16,25-26H,5,8,11-13H2,1H3,(H,23,28)(H,27,29)(H4,21,22,24). The van der Waals surface area contributed by atoms with Crippen molar-refractivity contribution in [3.8, 4) is 11.3 Å². The van der Waals surface area contributed by atoms with Crippen LogP contribution in [0.4, 0.5) is 0 Å². The highest BCUT2D eigenvalue weighted by Gasteiger charge is 2.21. The molecule has 0 bridgehead atoms. The number of hydrogen-bond acceptors (Lipinski definition) is 4. The van der Waals surface area contributed by atoms with Gasteiger partial charge in [0, 0.05) is 31.6 Å². The number of guanidine groups is 1. The Bertz CT molecular complexity index is 911. The van der Waals surface area contributed by atoms with E-state index in [9.17, 15) is 13.8 Å². The van der Waals surface area contributed by atoms with Gasteiger partial charge in [0.05, 0.1) is 11.0 Å². The Morgan fingerprint density at radius 1 is 1.13 bits per heavy atom. The molecule has 1 heterocycles.